The van der Waals surface area contributed by atoms with Crippen molar-refractivity contribution in [1.29, 1.82) is 0 Å². The molecule has 1 saturated heterocycles. The molecule has 0 aromatic heterocycles. The van der Waals surface area contributed by atoms with Gasteiger partial charge in [-0.15, -0.1) is 0 Å². The largest absolute Gasteiger partial charge is 0.447 e. The van der Waals surface area contributed by atoms with Gasteiger partial charge in [0.25, 0.3) is 0 Å². The van der Waals surface area contributed by atoms with Crippen molar-refractivity contribution in [3.63, 3.8) is 0 Å². The van der Waals surface area contributed by atoms with Crippen LogP contribution in [0.5, 0.6) is 0 Å². The molecular formula is C11H19NO3S. The van der Waals surface area contributed by atoms with E-state index in [2.05, 4.69) is 0 Å². The number of nitrogens with zero attached hydrogens (tertiary/aromatic N) is 1. The van der Waals surface area contributed by atoms with Crippen LogP contribution >= 0.6 is 11.8 Å². The van der Waals surface area contributed by atoms with Crippen LogP contribution in [0, 0.1) is 0 Å². The van der Waals surface area contributed by atoms with Crippen LogP contribution in [-0.4, -0.2) is 40.6 Å². The van der Waals surface area contributed by atoms with E-state index in [0.717, 1.165) is 12.8 Å². The molecule has 1 aliphatic rings. The molecule has 16 heavy (non-hydrogen) atoms. The fraction of sp³-hybridized carbons (Fsp3) is 0.818. The molecule has 0 N–H and O–H groups in total. The van der Waals surface area contributed by atoms with Crippen molar-refractivity contribution in [2.75, 3.05) is 13.1 Å². The molecule has 0 spiro atoms. The summed E-state index contributed by atoms with van der Waals surface area (Å²) in [6.07, 6.45) is 1.44. The molecule has 0 atom stereocenters. The quantitative estimate of drug-likeness (QED) is 0.748. The summed E-state index contributed by atoms with van der Waals surface area (Å²) < 4.78 is 5.12. The van der Waals surface area contributed by atoms with Crippen LogP contribution in [0.1, 0.15) is 33.6 Å². The first-order chi connectivity index (χ1) is 7.49. The zero-order chi connectivity index (χ0) is 12.1. The maximum atomic E-state index is 11.6. The van der Waals surface area contributed by atoms with Gasteiger partial charge in [-0.25, -0.2) is 4.79 Å². The highest BCUT2D eigenvalue weighted by molar-refractivity contribution is 8.14. The minimum absolute atomic E-state index is 0.0724. The first-order valence-corrected chi connectivity index (χ1v) is 6.49. The van der Waals surface area contributed by atoms with E-state index in [1.54, 1.807) is 11.8 Å². The molecule has 0 bridgehead atoms. The van der Waals surface area contributed by atoms with Crippen molar-refractivity contribution in [3.05, 3.63) is 0 Å². The van der Waals surface area contributed by atoms with E-state index in [0.29, 0.717) is 18.3 Å². The van der Waals surface area contributed by atoms with E-state index in [1.165, 1.54) is 11.8 Å². The van der Waals surface area contributed by atoms with E-state index >= 15 is 0 Å². The lowest BCUT2D eigenvalue weighted by Crippen LogP contribution is -2.40. The molecule has 1 rings (SSSR count). The number of amides is 1. The molecule has 0 aliphatic carbocycles. The fourth-order valence-corrected chi connectivity index (χ4v) is 2.58. The summed E-state index contributed by atoms with van der Waals surface area (Å²) in [5.74, 6) is 0. The second-order valence-corrected chi connectivity index (χ2v) is 5.71. The average Bonchev–Trinajstić information content (AvgIpc) is 2.16. The van der Waals surface area contributed by atoms with Gasteiger partial charge in [-0.05, 0) is 26.7 Å². The van der Waals surface area contributed by atoms with Crippen molar-refractivity contribution in [3.8, 4) is 0 Å². The highest BCUT2D eigenvalue weighted by Gasteiger charge is 2.25. The Kier molecular flexibility index (Phi) is 5.12. The minimum atomic E-state index is -0.235. The summed E-state index contributed by atoms with van der Waals surface area (Å²) in [5, 5.41) is 0.517. The average molecular weight is 245 g/mol. The molecule has 5 heteroatoms. The third kappa shape index (κ3) is 4.43. The Labute approximate surface area is 101 Å². The number of hydrogen-bond acceptors (Lipinski definition) is 4. The summed E-state index contributed by atoms with van der Waals surface area (Å²) in [4.78, 5) is 24.2. The van der Waals surface area contributed by atoms with Crippen molar-refractivity contribution < 1.29 is 14.3 Å². The molecule has 0 aromatic carbocycles. The smallest absolute Gasteiger partial charge is 0.410 e. The summed E-state index contributed by atoms with van der Waals surface area (Å²) in [6.45, 7) is 6.66. The van der Waals surface area contributed by atoms with Gasteiger partial charge in [0, 0.05) is 25.3 Å². The van der Waals surface area contributed by atoms with Gasteiger partial charge < -0.3 is 9.64 Å². The lowest BCUT2D eigenvalue weighted by atomic mass is 10.1. The molecule has 0 unspecified atom stereocenters. The normalized spacial score (nSPS) is 17.6. The van der Waals surface area contributed by atoms with Crippen LogP contribution in [-0.2, 0) is 9.53 Å². The fourth-order valence-electron chi connectivity index (χ4n) is 1.67. The standard InChI is InChI=1S/C11H19NO3S/c1-8(2)15-11(14)12-6-4-10(5-7-12)16-9(3)13/h8,10H,4-7H2,1-3H3. The number of ether oxygens (including phenoxy) is 1. The van der Waals surface area contributed by atoms with E-state index in [-0.39, 0.29) is 17.3 Å². The van der Waals surface area contributed by atoms with Crippen LogP contribution in [0.4, 0.5) is 4.79 Å². The first-order valence-electron chi connectivity index (χ1n) is 5.62. The van der Waals surface area contributed by atoms with Gasteiger partial charge >= 0.3 is 6.09 Å². The Morgan fingerprint density at radius 1 is 1.31 bits per heavy atom. The van der Waals surface area contributed by atoms with Gasteiger partial charge in [-0.1, -0.05) is 11.8 Å². The van der Waals surface area contributed by atoms with Crippen molar-refractivity contribution in [2.24, 2.45) is 0 Å². The van der Waals surface area contributed by atoms with E-state index in [4.69, 9.17) is 4.74 Å². The lowest BCUT2D eigenvalue weighted by Gasteiger charge is -2.30. The molecule has 4 nitrogen and oxygen atoms in total. The molecule has 1 fully saturated rings. The topological polar surface area (TPSA) is 46.6 Å². The number of carbonyl (C=O) groups is 2. The van der Waals surface area contributed by atoms with Crippen LogP contribution in [0.25, 0.3) is 0 Å². The van der Waals surface area contributed by atoms with Crippen molar-refractivity contribution >= 4 is 23.0 Å². The number of hydrogen-bond donors (Lipinski definition) is 0. The predicted octanol–water partition coefficient (Wildman–Crippen LogP) is 2.28. The zero-order valence-corrected chi connectivity index (χ0v) is 10.9. The summed E-state index contributed by atoms with van der Waals surface area (Å²) in [6, 6.07) is 0. The molecule has 1 amide bonds. The van der Waals surface area contributed by atoms with E-state index < -0.39 is 0 Å². The van der Waals surface area contributed by atoms with Crippen molar-refractivity contribution in [1.82, 2.24) is 4.90 Å². The Balaban J connectivity index is 2.31. The number of piperidine rings is 1. The highest BCUT2D eigenvalue weighted by Crippen LogP contribution is 2.24. The van der Waals surface area contributed by atoms with Crippen LogP contribution < -0.4 is 0 Å². The van der Waals surface area contributed by atoms with Crippen LogP contribution in [0.15, 0.2) is 0 Å². The minimum Gasteiger partial charge on any atom is -0.447 e. The maximum Gasteiger partial charge on any atom is 0.410 e. The number of likely N-dealkylation sites (tertiary alicyclic amines) is 1. The van der Waals surface area contributed by atoms with Gasteiger partial charge in [-0.3, -0.25) is 4.79 Å². The molecule has 0 aromatic rings. The van der Waals surface area contributed by atoms with Gasteiger partial charge in [0.1, 0.15) is 0 Å². The zero-order valence-electron chi connectivity index (χ0n) is 10.1. The Bertz CT molecular complexity index is 260. The molecule has 1 aliphatic heterocycles. The van der Waals surface area contributed by atoms with Crippen LogP contribution in [0.3, 0.4) is 0 Å². The predicted molar refractivity (Wildman–Crippen MR) is 64.5 cm³/mol. The number of carbonyl (C=O) groups excluding carboxylic acids is 2. The maximum absolute atomic E-state index is 11.6. The van der Waals surface area contributed by atoms with Gasteiger partial charge in [-0.2, -0.15) is 0 Å². The van der Waals surface area contributed by atoms with E-state index in [1.807, 2.05) is 13.8 Å². The highest BCUT2D eigenvalue weighted by atomic mass is 32.2. The SMILES string of the molecule is CC(=O)SC1CCN(C(=O)OC(C)C)CC1. The molecule has 0 radical (unpaired) electrons. The second kappa shape index (κ2) is 6.13. The van der Waals surface area contributed by atoms with Gasteiger partial charge in [0.05, 0.1) is 6.10 Å². The molecule has 92 valence electrons. The number of thioether (sulfide) groups is 1. The summed E-state index contributed by atoms with van der Waals surface area (Å²) >= 11 is 1.39. The van der Waals surface area contributed by atoms with Gasteiger partial charge in [0.2, 0.25) is 0 Å². The Morgan fingerprint density at radius 3 is 2.31 bits per heavy atom. The third-order valence-corrected chi connectivity index (χ3v) is 3.51. The molecular weight excluding hydrogens is 226 g/mol. The van der Waals surface area contributed by atoms with Gasteiger partial charge in [0.15, 0.2) is 5.12 Å². The summed E-state index contributed by atoms with van der Waals surface area (Å²) in [5.41, 5.74) is 0. The molecule has 1 heterocycles. The van der Waals surface area contributed by atoms with Crippen LogP contribution in [0.2, 0.25) is 0 Å². The van der Waals surface area contributed by atoms with Crippen molar-refractivity contribution in [2.45, 2.75) is 45.0 Å². The Hall–Kier alpha value is -0.710. The lowest BCUT2D eigenvalue weighted by molar-refractivity contribution is -0.109. The number of rotatable bonds is 2. The van der Waals surface area contributed by atoms with E-state index in [9.17, 15) is 9.59 Å². The monoisotopic (exact) mass is 245 g/mol. The molecule has 0 saturated carbocycles. The summed E-state index contributed by atoms with van der Waals surface area (Å²) in [7, 11) is 0. The first kappa shape index (κ1) is 13.4. The Morgan fingerprint density at radius 2 is 1.88 bits per heavy atom. The second-order valence-electron chi connectivity index (χ2n) is 4.23. The third-order valence-electron chi connectivity index (χ3n) is 2.37.